The van der Waals surface area contributed by atoms with Gasteiger partial charge in [-0.25, -0.2) is 9.37 Å². The van der Waals surface area contributed by atoms with Crippen LogP contribution in [0, 0.1) is 5.82 Å². The van der Waals surface area contributed by atoms with E-state index in [9.17, 15) is 9.18 Å². The number of carbonyl (C=O) groups excluding carboxylic acids is 1. The van der Waals surface area contributed by atoms with Gasteiger partial charge in [-0.05, 0) is 12.1 Å². The maximum absolute atomic E-state index is 13.2. The SMILES string of the molecule is Nc1c(F)cccc1C(=O)NCCc1nccs1. The molecule has 0 saturated carbocycles. The zero-order valence-electron chi connectivity index (χ0n) is 9.52. The van der Waals surface area contributed by atoms with Gasteiger partial charge in [0.15, 0.2) is 0 Å². The normalized spacial score (nSPS) is 10.3. The molecule has 0 aliphatic heterocycles. The first kappa shape index (κ1) is 12.5. The van der Waals surface area contributed by atoms with E-state index in [2.05, 4.69) is 10.3 Å². The fourth-order valence-corrected chi connectivity index (χ4v) is 2.11. The molecule has 0 spiro atoms. The topological polar surface area (TPSA) is 68.0 Å². The minimum Gasteiger partial charge on any atom is -0.396 e. The van der Waals surface area contributed by atoms with Crippen LogP contribution in [0.25, 0.3) is 0 Å². The number of nitrogens with zero attached hydrogens (tertiary/aromatic N) is 1. The number of anilines is 1. The van der Waals surface area contributed by atoms with Crippen molar-refractivity contribution < 1.29 is 9.18 Å². The smallest absolute Gasteiger partial charge is 0.253 e. The fraction of sp³-hybridized carbons (Fsp3) is 0.167. The number of hydrogen-bond donors (Lipinski definition) is 2. The van der Waals surface area contributed by atoms with E-state index in [1.54, 1.807) is 6.20 Å². The Bertz CT molecular complexity index is 542. The van der Waals surface area contributed by atoms with Crippen molar-refractivity contribution in [3.8, 4) is 0 Å². The third kappa shape index (κ3) is 2.84. The van der Waals surface area contributed by atoms with Crippen molar-refractivity contribution in [1.82, 2.24) is 10.3 Å². The molecule has 0 aliphatic rings. The van der Waals surface area contributed by atoms with Crippen LogP contribution in [-0.4, -0.2) is 17.4 Å². The molecule has 0 bridgehead atoms. The fourth-order valence-electron chi connectivity index (χ4n) is 1.49. The summed E-state index contributed by atoms with van der Waals surface area (Å²) in [6.07, 6.45) is 2.37. The molecule has 4 nitrogen and oxygen atoms in total. The molecule has 1 amide bonds. The van der Waals surface area contributed by atoms with Crippen LogP contribution in [0.15, 0.2) is 29.8 Å². The first-order valence-corrected chi connectivity index (χ1v) is 6.27. The monoisotopic (exact) mass is 265 g/mol. The lowest BCUT2D eigenvalue weighted by Crippen LogP contribution is -2.26. The van der Waals surface area contributed by atoms with Gasteiger partial charge in [-0.2, -0.15) is 0 Å². The second kappa shape index (κ2) is 5.59. The molecular formula is C12H12FN3OS. The second-order valence-corrected chi connectivity index (χ2v) is 4.61. The van der Waals surface area contributed by atoms with E-state index >= 15 is 0 Å². The number of nitrogens with two attached hydrogens (primary N) is 1. The van der Waals surface area contributed by atoms with E-state index in [-0.39, 0.29) is 17.2 Å². The van der Waals surface area contributed by atoms with Crippen LogP contribution in [0.2, 0.25) is 0 Å². The highest BCUT2D eigenvalue weighted by molar-refractivity contribution is 7.09. The molecular weight excluding hydrogens is 253 g/mol. The Morgan fingerprint density at radius 3 is 3.06 bits per heavy atom. The Labute approximate surface area is 108 Å². The summed E-state index contributed by atoms with van der Waals surface area (Å²) < 4.78 is 13.2. The number of halogens is 1. The van der Waals surface area contributed by atoms with Crippen LogP contribution in [0.3, 0.4) is 0 Å². The Morgan fingerprint density at radius 2 is 2.33 bits per heavy atom. The Morgan fingerprint density at radius 1 is 1.50 bits per heavy atom. The van der Waals surface area contributed by atoms with Gasteiger partial charge in [-0.3, -0.25) is 4.79 Å². The van der Waals surface area contributed by atoms with Gasteiger partial charge in [0.1, 0.15) is 5.82 Å². The van der Waals surface area contributed by atoms with Gasteiger partial charge in [0.25, 0.3) is 5.91 Å². The van der Waals surface area contributed by atoms with E-state index < -0.39 is 5.82 Å². The van der Waals surface area contributed by atoms with Crippen LogP contribution >= 0.6 is 11.3 Å². The Balaban J connectivity index is 1.93. The van der Waals surface area contributed by atoms with Crippen LogP contribution < -0.4 is 11.1 Å². The highest BCUT2D eigenvalue weighted by Gasteiger charge is 2.11. The number of para-hydroxylation sites is 1. The predicted molar refractivity (Wildman–Crippen MR) is 69.0 cm³/mol. The van der Waals surface area contributed by atoms with Crippen molar-refractivity contribution in [3.63, 3.8) is 0 Å². The van der Waals surface area contributed by atoms with Crippen molar-refractivity contribution in [2.75, 3.05) is 12.3 Å². The Kier molecular flexibility index (Phi) is 3.88. The number of benzene rings is 1. The highest BCUT2D eigenvalue weighted by atomic mass is 32.1. The van der Waals surface area contributed by atoms with Gasteiger partial charge in [0.2, 0.25) is 0 Å². The molecule has 0 radical (unpaired) electrons. The molecule has 0 saturated heterocycles. The lowest BCUT2D eigenvalue weighted by atomic mass is 10.1. The summed E-state index contributed by atoms with van der Waals surface area (Å²) in [6, 6.07) is 4.18. The molecule has 18 heavy (non-hydrogen) atoms. The molecule has 1 heterocycles. The van der Waals surface area contributed by atoms with Crippen molar-refractivity contribution in [2.45, 2.75) is 6.42 Å². The molecule has 2 aromatic rings. The van der Waals surface area contributed by atoms with E-state index in [0.717, 1.165) is 5.01 Å². The zero-order valence-corrected chi connectivity index (χ0v) is 10.3. The number of carbonyl (C=O) groups is 1. The first-order chi connectivity index (χ1) is 8.68. The number of aromatic nitrogens is 1. The number of hydrogen-bond acceptors (Lipinski definition) is 4. The predicted octanol–water partition coefficient (Wildman–Crippen LogP) is 1.84. The molecule has 0 aliphatic carbocycles. The second-order valence-electron chi connectivity index (χ2n) is 3.63. The molecule has 2 rings (SSSR count). The molecule has 94 valence electrons. The number of nitrogen functional groups attached to an aromatic ring is 1. The quantitative estimate of drug-likeness (QED) is 0.829. The van der Waals surface area contributed by atoms with Crippen molar-refractivity contribution >= 4 is 22.9 Å². The van der Waals surface area contributed by atoms with Crippen LogP contribution in [0.1, 0.15) is 15.4 Å². The third-order valence-corrected chi connectivity index (χ3v) is 3.24. The standard InChI is InChI=1S/C12H12FN3OS/c13-9-3-1-2-8(11(9)14)12(17)16-5-4-10-15-6-7-18-10/h1-3,6-7H,4-5,14H2,(H,16,17). The maximum atomic E-state index is 13.2. The largest absolute Gasteiger partial charge is 0.396 e. The van der Waals surface area contributed by atoms with E-state index in [0.29, 0.717) is 13.0 Å². The minimum atomic E-state index is -0.581. The first-order valence-electron chi connectivity index (χ1n) is 5.39. The summed E-state index contributed by atoms with van der Waals surface area (Å²) in [5, 5.41) is 5.51. The van der Waals surface area contributed by atoms with Gasteiger partial charge in [0.05, 0.1) is 16.3 Å². The van der Waals surface area contributed by atoms with Crippen molar-refractivity contribution in [1.29, 1.82) is 0 Å². The summed E-state index contributed by atoms with van der Waals surface area (Å²) in [7, 11) is 0. The van der Waals surface area contributed by atoms with Gasteiger partial charge in [-0.15, -0.1) is 11.3 Å². The van der Waals surface area contributed by atoms with Crippen LogP contribution in [0.5, 0.6) is 0 Å². The molecule has 0 atom stereocenters. The molecule has 0 fully saturated rings. The molecule has 0 unspecified atom stereocenters. The number of amides is 1. The van der Waals surface area contributed by atoms with Gasteiger partial charge in [0, 0.05) is 24.5 Å². The van der Waals surface area contributed by atoms with Crippen molar-refractivity contribution in [3.05, 3.63) is 46.2 Å². The summed E-state index contributed by atoms with van der Waals surface area (Å²) >= 11 is 1.53. The lowest BCUT2D eigenvalue weighted by Gasteiger charge is -2.07. The van der Waals surface area contributed by atoms with Crippen molar-refractivity contribution in [2.24, 2.45) is 0 Å². The summed E-state index contributed by atoms with van der Waals surface area (Å²) in [5.74, 6) is -0.953. The summed E-state index contributed by atoms with van der Waals surface area (Å²) in [4.78, 5) is 15.9. The minimum absolute atomic E-state index is 0.121. The number of rotatable bonds is 4. The average Bonchev–Trinajstić information content (AvgIpc) is 2.85. The average molecular weight is 265 g/mol. The van der Waals surface area contributed by atoms with Crippen LogP contribution in [0.4, 0.5) is 10.1 Å². The number of nitrogens with one attached hydrogen (secondary N) is 1. The van der Waals surface area contributed by atoms with Gasteiger partial charge < -0.3 is 11.1 Å². The van der Waals surface area contributed by atoms with Gasteiger partial charge in [-0.1, -0.05) is 6.07 Å². The summed E-state index contributed by atoms with van der Waals surface area (Å²) in [5.41, 5.74) is 5.54. The molecule has 3 N–H and O–H groups in total. The van der Waals surface area contributed by atoms with E-state index in [1.165, 1.54) is 29.5 Å². The van der Waals surface area contributed by atoms with Crippen LogP contribution in [-0.2, 0) is 6.42 Å². The van der Waals surface area contributed by atoms with E-state index in [1.807, 2.05) is 5.38 Å². The van der Waals surface area contributed by atoms with E-state index in [4.69, 9.17) is 5.73 Å². The highest BCUT2D eigenvalue weighted by Crippen LogP contribution is 2.15. The summed E-state index contributed by atoms with van der Waals surface area (Å²) in [6.45, 7) is 0.447. The lowest BCUT2D eigenvalue weighted by molar-refractivity contribution is 0.0954. The molecule has 6 heteroatoms. The molecule has 1 aromatic heterocycles. The zero-order chi connectivity index (χ0) is 13.0. The van der Waals surface area contributed by atoms with Gasteiger partial charge >= 0.3 is 0 Å². The Hall–Kier alpha value is -1.95. The number of thiazole rings is 1. The third-order valence-electron chi connectivity index (χ3n) is 2.41. The maximum Gasteiger partial charge on any atom is 0.253 e. The molecule has 1 aromatic carbocycles.